The van der Waals surface area contributed by atoms with Gasteiger partial charge in [-0.2, -0.15) is 0 Å². The number of aromatic nitrogens is 2. The molecule has 1 fully saturated rings. The SMILES string of the molecule is O=C(O)C1CCN(Cc2c(-c3ccc([N+](=O)[O-])cc3)nc3ccc(Cl)cn23)CC1. The second kappa shape index (κ2) is 7.81. The van der Waals surface area contributed by atoms with Crippen molar-refractivity contribution in [1.29, 1.82) is 0 Å². The van der Waals surface area contributed by atoms with E-state index in [1.165, 1.54) is 12.1 Å². The monoisotopic (exact) mass is 414 g/mol. The number of aliphatic carboxylic acids is 1. The van der Waals surface area contributed by atoms with Crippen LogP contribution in [0.3, 0.4) is 0 Å². The van der Waals surface area contributed by atoms with E-state index in [1.807, 2.05) is 10.5 Å². The number of likely N-dealkylation sites (tertiary alicyclic amines) is 1. The van der Waals surface area contributed by atoms with Crippen LogP contribution in [-0.4, -0.2) is 43.4 Å². The van der Waals surface area contributed by atoms with E-state index in [4.69, 9.17) is 16.6 Å². The number of hydrogen-bond donors (Lipinski definition) is 1. The van der Waals surface area contributed by atoms with Gasteiger partial charge >= 0.3 is 5.97 Å². The molecule has 1 aliphatic rings. The second-order valence-corrected chi connectivity index (χ2v) is 7.61. The molecule has 1 saturated heterocycles. The summed E-state index contributed by atoms with van der Waals surface area (Å²) in [7, 11) is 0. The van der Waals surface area contributed by atoms with Gasteiger partial charge in [-0.15, -0.1) is 0 Å². The Kier molecular flexibility index (Phi) is 5.21. The van der Waals surface area contributed by atoms with E-state index in [2.05, 4.69) is 4.90 Å². The van der Waals surface area contributed by atoms with Crippen LogP contribution in [0.25, 0.3) is 16.9 Å². The molecule has 1 N–H and O–H groups in total. The summed E-state index contributed by atoms with van der Waals surface area (Å²) < 4.78 is 1.93. The predicted molar refractivity (Wildman–Crippen MR) is 108 cm³/mol. The molecule has 0 bridgehead atoms. The maximum atomic E-state index is 11.2. The number of nitrogens with zero attached hydrogens (tertiary/aromatic N) is 4. The Hall–Kier alpha value is -2.97. The molecule has 9 heteroatoms. The van der Waals surface area contributed by atoms with Crippen molar-refractivity contribution < 1.29 is 14.8 Å². The van der Waals surface area contributed by atoms with Crippen molar-refractivity contribution in [2.75, 3.05) is 13.1 Å². The molecule has 8 nitrogen and oxygen atoms in total. The van der Waals surface area contributed by atoms with Gasteiger partial charge in [0, 0.05) is 30.4 Å². The molecule has 0 aliphatic carbocycles. The number of carboxylic acid groups (broad SMARTS) is 1. The highest BCUT2D eigenvalue weighted by Crippen LogP contribution is 2.29. The molecule has 0 radical (unpaired) electrons. The molecule has 2 aromatic heterocycles. The Balaban J connectivity index is 1.69. The van der Waals surface area contributed by atoms with Crippen LogP contribution >= 0.6 is 11.6 Å². The number of non-ortho nitro benzene ring substituents is 1. The first-order chi connectivity index (χ1) is 13.9. The van der Waals surface area contributed by atoms with E-state index < -0.39 is 10.9 Å². The quantitative estimate of drug-likeness (QED) is 0.502. The second-order valence-electron chi connectivity index (χ2n) is 7.18. The van der Waals surface area contributed by atoms with E-state index in [-0.39, 0.29) is 11.6 Å². The minimum absolute atomic E-state index is 0.0258. The number of fused-ring (bicyclic) bond motifs is 1. The van der Waals surface area contributed by atoms with Gasteiger partial charge in [-0.1, -0.05) is 11.6 Å². The van der Waals surface area contributed by atoms with Gasteiger partial charge in [-0.3, -0.25) is 19.8 Å². The fraction of sp³-hybridized carbons (Fsp3) is 0.300. The lowest BCUT2D eigenvalue weighted by Gasteiger charge is -2.30. The summed E-state index contributed by atoms with van der Waals surface area (Å²) in [5, 5.41) is 20.7. The first kappa shape index (κ1) is 19.4. The molecule has 29 heavy (non-hydrogen) atoms. The van der Waals surface area contributed by atoms with Gasteiger partial charge in [-0.25, -0.2) is 4.98 Å². The maximum absolute atomic E-state index is 11.2. The van der Waals surface area contributed by atoms with Crippen LogP contribution in [0.4, 0.5) is 5.69 Å². The van der Waals surface area contributed by atoms with Crippen molar-refractivity contribution >= 4 is 28.9 Å². The Morgan fingerprint density at radius 2 is 1.90 bits per heavy atom. The highest BCUT2D eigenvalue weighted by Gasteiger charge is 2.26. The van der Waals surface area contributed by atoms with Gasteiger partial charge < -0.3 is 9.51 Å². The third kappa shape index (κ3) is 3.94. The number of imidazole rings is 1. The number of benzene rings is 1. The summed E-state index contributed by atoms with van der Waals surface area (Å²) in [5.74, 6) is -1.03. The molecule has 0 atom stereocenters. The number of nitro groups is 1. The molecule has 0 saturated carbocycles. The summed E-state index contributed by atoms with van der Waals surface area (Å²) >= 11 is 6.20. The predicted octanol–water partition coefficient (Wildman–Crippen LogP) is 3.86. The van der Waals surface area contributed by atoms with E-state index in [0.717, 1.165) is 22.6 Å². The molecule has 3 aromatic rings. The first-order valence-electron chi connectivity index (χ1n) is 9.29. The lowest BCUT2D eigenvalue weighted by atomic mass is 9.97. The molecule has 4 rings (SSSR count). The molecule has 3 heterocycles. The normalized spacial score (nSPS) is 15.6. The molecular formula is C20H19ClN4O4. The molecular weight excluding hydrogens is 396 g/mol. The number of rotatable bonds is 5. The van der Waals surface area contributed by atoms with Gasteiger partial charge in [0.2, 0.25) is 0 Å². The Morgan fingerprint density at radius 3 is 2.52 bits per heavy atom. The number of pyridine rings is 1. The highest BCUT2D eigenvalue weighted by molar-refractivity contribution is 6.30. The van der Waals surface area contributed by atoms with Crippen molar-refractivity contribution in [1.82, 2.24) is 14.3 Å². The minimum Gasteiger partial charge on any atom is -0.481 e. The van der Waals surface area contributed by atoms with Gasteiger partial charge in [0.25, 0.3) is 5.69 Å². The standard InChI is InChI=1S/C20H19ClN4O4/c21-15-3-6-18-22-19(13-1-4-16(5-2-13)25(28)29)17(24(18)11-15)12-23-9-7-14(8-10-23)20(26)27/h1-6,11,14H,7-10,12H2,(H,26,27). The number of halogens is 1. The van der Waals surface area contributed by atoms with Crippen LogP contribution in [0.1, 0.15) is 18.5 Å². The molecule has 1 aromatic carbocycles. The first-order valence-corrected chi connectivity index (χ1v) is 9.66. The van der Waals surface area contributed by atoms with Crippen LogP contribution in [0, 0.1) is 16.0 Å². The summed E-state index contributed by atoms with van der Waals surface area (Å²) in [5.41, 5.74) is 3.20. The van der Waals surface area contributed by atoms with Crippen LogP contribution in [0.2, 0.25) is 5.02 Å². The summed E-state index contributed by atoms with van der Waals surface area (Å²) in [6.45, 7) is 1.95. The Morgan fingerprint density at radius 1 is 1.21 bits per heavy atom. The Labute approximate surface area is 171 Å². The van der Waals surface area contributed by atoms with E-state index in [1.54, 1.807) is 24.4 Å². The molecule has 0 amide bonds. The van der Waals surface area contributed by atoms with E-state index in [0.29, 0.717) is 37.5 Å². The number of carbonyl (C=O) groups is 1. The average Bonchev–Trinajstić information content (AvgIpc) is 3.06. The van der Waals surface area contributed by atoms with Gasteiger partial charge in [-0.05, 0) is 50.2 Å². The zero-order valence-corrected chi connectivity index (χ0v) is 16.2. The number of nitro benzene ring substituents is 1. The zero-order chi connectivity index (χ0) is 20.5. The smallest absolute Gasteiger partial charge is 0.306 e. The lowest BCUT2D eigenvalue weighted by Crippen LogP contribution is -2.36. The van der Waals surface area contributed by atoms with Crippen LogP contribution in [0.5, 0.6) is 0 Å². The van der Waals surface area contributed by atoms with Crippen molar-refractivity contribution in [2.24, 2.45) is 5.92 Å². The summed E-state index contributed by atoms with van der Waals surface area (Å²) in [4.78, 5) is 28.7. The fourth-order valence-corrected chi connectivity index (χ4v) is 3.90. The van der Waals surface area contributed by atoms with Crippen molar-refractivity contribution in [3.8, 4) is 11.3 Å². The average molecular weight is 415 g/mol. The number of piperidine rings is 1. The highest BCUT2D eigenvalue weighted by atomic mass is 35.5. The van der Waals surface area contributed by atoms with E-state index >= 15 is 0 Å². The van der Waals surface area contributed by atoms with Crippen LogP contribution in [-0.2, 0) is 11.3 Å². The topological polar surface area (TPSA) is 101 Å². The van der Waals surface area contributed by atoms with Crippen LogP contribution in [0.15, 0.2) is 42.6 Å². The minimum atomic E-state index is -0.738. The lowest BCUT2D eigenvalue weighted by molar-refractivity contribution is -0.384. The Bertz CT molecular complexity index is 1070. The van der Waals surface area contributed by atoms with Crippen molar-refractivity contribution in [3.05, 3.63) is 63.4 Å². The number of carboxylic acids is 1. The summed E-state index contributed by atoms with van der Waals surface area (Å²) in [6, 6.07) is 9.93. The third-order valence-corrected chi connectivity index (χ3v) is 5.57. The molecule has 1 aliphatic heterocycles. The molecule has 0 spiro atoms. The van der Waals surface area contributed by atoms with Crippen molar-refractivity contribution in [3.63, 3.8) is 0 Å². The van der Waals surface area contributed by atoms with Crippen LogP contribution < -0.4 is 0 Å². The van der Waals surface area contributed by atoms with E-state index in [9.17, 15) is 20.0 Å². The third-order valence-electron chi connectivity index (χ3n) is 5.34. The maximum Gasteiger partial charge on any atom is 0.306 e. The van der Waals surface area contributed by atoms with Gasteiger partial charge in [0.15, 0.2) is 0 Å². The number of hydrogen-bond acceptors (Lipinski definition) is 5. The largest absolute Gasteiger partial charge is 0.481 e. The van der Waals surface area contributed by atoms with Gasteiger partial charge in [0.1, 0.15) is 5.65 Å². The van der Waals surface area contributed by atoms with Crippen molar-refractivity contribution in [2.45, 2.75) is 19.4 Å². The summed E-state index contributed by atoms with van der Waals surface area (Å²) in [6.07, 6.45) is 3.03. The molecule has 150 valence electrons. The fourth-order valence-electron chi connectivity index (χ4n) is 3.74. The van der Waals surface area contributed by atoms with Gasteiger partial charge in [0.05, 0.1) is 27.3 Å². The zero-order valence-electron chi connectivity index (χ0n) is 15.5. The molecule has 0 unspecified atom stereocenters.